The molecule has 3 aromatic heterocycles. The minimum atomic E-state index is 0.620. The number of aromatic nitrogens is 3. The Balaban J connectivity index is 1.98. The van der Waals surface area contributed by atoms with E-state index in [9.17, 15) is 0 Å². The van der Waals surface area contributed by atoms with Crippen LogP contribution in [0.5, 0.6) is 0 Å². The van der Waals surface area contributed by atoms with Gasteiger partial charge >= 0.3 is 0 Å². The molecule has 1 aliphatic carbocycles. The molecule has 0 radical (unpaired) electrons. The molecular weight excluding hydrogens is 328 g/mol. The van der Waals surface area contributed by atoms with E-state index < -0.39 is 0 Å². The molecule has 4 nitrogen and oxygen atoms in total. The molecular formula is C20H24N4S. The molecule has 130 valence electrons. The molecule has 0 aliphatic heterocycles. The number of rotatable bonds is 5. The lowest BCUT2D eigenvalue weighted by Gasteiger charge is -2.20. The van der Waals surface area contributed by atoms with Crippen LogP contribution >= 0.6 is 11.3 Å². The van der Waals surface area contributed by atoms with E-state index in [-0.39, 0.29) is 0 Å². The topological polar surface area (TPSA) is 50.7 Å². The number of nitrogens with zero attached hydrogens (tertiary/aromatic N) is 3. The van der Waals surface area contributed by atoms with Gasteiger partial charge in [0.15, 0.2) is 0 Å². The van der Waals surface area contributed by atoms with Crippen LogP contribution in [0.15, 0.2) is 19.0 Å². The third-order valence-corrected chi connectivity index (χ3v) is 5.90. The second-order valence-corrected chi connectivity index (χ2v) is 8.17. The summed E-state index contributed by atoms with van der Waals surface area (Å²) < 4.78 is 1.11. The number of fused-ring (bicyclic) bond motifs is 5. The Bertz CT molecular complexity index is 942. The summed E-state index contributed by atoms with van der Waals surface area (Å²) in [6, 6.07) is 0. The minimum Gasteiger partial charge on any atom is -0.365 e. The largest absolute Gasteiger partial charge is 0.365 e. The van der Waals surface area contributed by atoms with Gasteiger partial charge in [0.05, 0.1) is 10.2 Å². The van der Waals surface area contributed by atoms with Crippen LogP contribution in [-0.2, 0) is 19.3 Å². The summed E-state index contributed by atoms with van der Waals surface area (Å²) in [7, 11) is 0. The van der Waals surface area contributed by atoms with Gasteiger partial charge < -0.3 is 5.32 Å². The molecule has 0 saturated heterocycles. The highest BCUT2D eigenvalue weighted by molar-refractivity contribution is 7.26. The maximum atomic E-state index is 5.09. The maximum absolute atomic E-state index is 5.09. The molecule has 1 N–H and O–H groups in total. The fraction of sp³-hybridized carbons (Fsp3) is 0.450. The molecule has 25 heavy (non-hydrogen) atoms. The monoisotopic (exact) mass is 352 g/mol. The first-order valence-electron chi connectivity index (χ1n) is 9.11. The zero-order chi connectivity index (χ0) is 17.4. The molecule has 4 rings (SSSR count). The zero-order valence-corrected chi connectivity index (χ0v) is 15.7. The Morgan fingerprint density at radius 2 is 2.04 bits per heavy atom. The molecule has 3 heterocycles. The van der Waals surface area contributed by atoms with Gasteiger partial charge in [-0.1, -0.05) is 19.9 Å². The Labute approximate surface area is 152 Å². The predicted molar refractivity (Wildman–Crippen MR) is 107 cm³/mol. The van der Waals surface area contributed by atoms with Crippen molar-refractivity contribution in [3.63, 3.8) is 0 Å². The van der Waals surface area contributed by atoms with E-state index in [1.165, 1.54) is 35.0 Å². The average Bonchev–Trinajstić information content (AvgIpc) is 2.98. The molecule has 1 aliphatic rings. The van der Waals surface area contributed by atoms with Gasteiger partial charge in [0.2, 0.25) is 0 Å². The normalized spacial score (nSPS) is 14.2. The van der Waals surface area contributed by atoms with E-state index in [0.717, 1.165) is 40.1 Å². The van der Waals surface area contributed by atoms with Gasteiger partial charge in [-0.25, -0.2) is 15.0 Å². The first-order chi connectivity index (χ1) is 12.2. The lowest BCUT2D eigenvalue weighted by molar-refractivity contribution is 0.615. The molecule has 0 saturated carbocycles. The van der Waals surface area contributed by atoms with Crippen molar-refractivity contribution in [1.29, 1.82) is 0 Å². The summed E-state index contributed by atoms with van der Waals surface area (Å²) in [4.78, 5) is 15.3. The van der Waals surface area contributed by atoms with Crippen LogP contribution in [0.2, 0.25) is 0 Å². The van der Waals surface area contributed by atoms with Crippen molar-refractivity contribution >= 4 is 37.6 Å². The quantitative estimate of drug-likeness (QED) is 0.663. The molecule has 0 unspecified atom stereocenters. The van der Waals surface area contributed by atoms with E-state index >= 15 is 0 Å². The Kier molecular flexibility index (Phi) is 4.42. The second-order valence-electron chi connectivity index (χ2n) is 7.17. The number of nitrogens with one attached hydrogen (secondary N) is 1. The summed E-state index contributed by atoms with van der Waals surface area (Å²) in [5.74, 6) is 1.51. The van der Waals surface area contributed by atoms with E-state index in [2.05, 4.69) is 35.7 Å². The second kappa shape index (κ2) is 6.71. The molecule has 0 spiro atoms. The smallest absolute Gasteiger partial charge is 0.147 e. The summed E-state index contributed by atoms with van der Waals surface area (Å²) in [5.41, 5.74) is 5.35. The highest BCUT2D eigenvalue weighted by Crippen LogP contribution is 2.40. The van der Waals surface area contributed by atoms with Crippen molar-refractivity contribution in [2.24, 2.45) is 5.92 Å². The molecule has 0 fully saturated rings. The van der Waals surface area contributed by atoms with Gasteiger partial charge in [-0.05, 0) is 49.1 Å². The van der Waals surface area contributed by atoms with Gasteiger partial charge in [-0.2, -0.15) is 0 Å². The van der Waals surface area contributed by atoms with Crippen LogP contribution in [0.1, 0.15) is 43.5 Å². The van der Waals surface area contributed by atoms with Crippen molar-refractivity contribution in [3.05, 3.63) is 35.8 Å². The SMILES string of the molecule is C=CCNc1ncnc2c1sc1nc(CC(C)C)c3c(c12)CCCC3. The fourth-order valence-electron chi connectivity index (χ4n) is 3.79. The van der Waals surface area contributed by atoms with Gasteiger partial charge in [0.1, 0.15) is 17.0 Å². The number of anilines is 1. The van der Waals surface area contributed by atoms with Crippen LogP contribution in [-0.4, -0.2) is 21.5 Å². The summed E-state index contributed by atoms with van der Waals surface area (Å²) in [6.45, 7) is 9.02. The zero-order valence-electron chi connectivity index (χ0n) is 14.9. The van der Waals surface area contributed by atoms with Crippen molar-refractivity contribution in [2.75, 3.05) is 11.9 Å². The van der Waals surface area contributed by atoms with Gasteiger partial charge in [-0.15, -0.1) is 17.9 Å². The number of thiophene rings is 1. The molecule has 0 aromatic carbocycles. The van der Waals surface area contributed by atoms with E-state index in [0.29, 0.717) is 12.5 Å². The van der Waals surface area contributed by atoms with Gasteiger partial charge in [-0.3, -0.25) is 0 Å². The third-order valence-electron chi connectivity index (χ3n) is 4.82. The van der Waals surface area contributed by atoms with E-state index in [1.807, 2.05) is 6.08 Å². The molecule has 3 aromatic rings. The Morgan fingerprint density at radius 3 is 2.80 bits per heavy atom. The van der Waals surface area contributed by atoms with Crippen LogP contribution < -0.4 is 5.32 Å². The van der Waals surface area contributed by atoms with Crippen LogP contribution in [0, 0.1) is 5.92 Å². The minimum absolute atomic E-state index is 0.620. The van der Waals surface area contributed by atoms with Crippen LogP contribution in [0.25, 0.3) is 20.4 Å². The van der Waals surface area contributed by atoms with Crippen LogP contribution in [0.3, 0.4) is 0 Å². The molecule has 0 atom stereocenters. The van der Waals surface area contributed by atoms with Gasteiger partial charge in [0, 0.05) is 17.6 Å². The average molecular weight is 353 g/mol. The third kappa shape index (κ3) is 2.91. The van der Waals surface area contributed by atoms with Crippen molar-refractivity contribution in [1.82, 2.24) is 15.0 Å². The number of hydrogen-bond donors (Lipinski definition) is 1. The van der Waals surface area contributed by atoms with E-state index in [1.54, 1.807) is 17.7 Å². The summed E-state index contributed by atoms with van der Waals surface area (Å²) in [6.07, 6.45) is 9.40. The highest BCUT2D eigenvalue weighted by Gasteiger charge is 2.23. The van der Waals surface area contributed by atoms with Crippen molar-refractivity contribution in [3.8, 4) is 0 Å². The lowest BCUT2D eigenvalue weighted by atomic mass is 9.87. The predicted octanol–water partition coefficient (Wildman–Crippen LogP) is 4.91. The van der Waals surface area contributed by atoms with Crippen molar-refractivity contribution < 1.29 is 0 Å². The Morgan fingerprint density at radius 1 is 1.24 bits per heavy atom. The number of hydrogen-bond acceptors (Lipinski definition) is 5. The maximum Gasteiger partial charge on any atom is 0.147 e. The Hall–Kier alpha value is -2.01. The standard InChI is InChI=1S/C20H24N4S/c1-4-9-21-19-18-17(22-11-23-19)16-14-8-6-5-7-13(14)15(10-12(2)3)24-20(16)25-18/h4,11-12H,1,5-10H2,2-3H3,(H,21,22,23). The first-order valence-corrected chi connectivity index (χ1v) is 9.93. The van der Waals surface area contributed by atoms with Crippen molar-refractivity contribution in [2.45, 2.75) is 46.0 Å². The molecule has 5 heteroatoms. The lowest BCUT2D eigenvalue weighted by Crippen LogP contribution is -2.11. The number of pyridine rings is 1. The first kappa shape index (κ1) is 16.5. The molecule has 0 bridgehead atoms. The van der Waals surface area contributed by atoms with E-state index in [4.69, 9.17) is 4.98 Å². The fourth-order valence-corrected chi connectivity index (χ4v) is 4.93. The van der Waals surface area contributed by atoms with Gasteiger partial charge in [0.25, 0.3) is 0 Å². The van der Waals surface area contributed by atoms with Crippen LogP contribution in [0.4, 0.5) is 5.82 Å². The summed E-state index contributed by atoms with van der Waals surface area (Å²) in [5, 5.41) is 4.61. The molecule has 0 amide bonds. The highest BCUT2D eigenvalue weighted by atomic mass is 32.1. The number of aryl methyl sites for hydroxylation is 1. The summed E-state index contributed by atoms with van der Waals surface area (Å²) >= 11 is 1.72.